The summed E-state index contributed by atoms with van der Waals surface area (Å²) in [6, 6.07) is 60.4. The average molecular weight is 756 g/mol. The van der Waals surface area contributed by atoms with E-state index in [0.717, 1.165) is 77.0 Å². The van der Waals surface area contributed by atoms with Crippen molar-refractivity contribution in [1.82, 2.24) is 24.5 Å². The van der Waals surface area contributed by atoms with Gasteiger partial charge in [0.15, 0.2) is 11.6 Å². The molecular weight excluding hydrogens is 727 g/mol. The minimum absolute atomic E-state index is 0.451. The zero-order chi connectivity index (χ0) is 38.6. The molecule has 0 radical (unpaired) electrons. The molecule has 0 aliphatic rings. The highest BCUT2D eigenvalue weighted by molar-refractivity contribution is 6.25. The lowest BCUT2D eigenvalue weighted by molar-refractivity contribution is 0.668. The Hall–Kier alpha value is -8.16. The van der Waals surface area contributed by atoms with Crippen molar-refractivity contribution in [3.05, 3.63) is 176 Å². The quantitative estimate of drug-likeness (QED) is 0.166. The summed E-state index contributed by atoms with van der Waals surface area (Å²) in [4.78, 5) is 21.3. The van der Waals surface area contributed by atoms with Gasteiger partial charge in [-0.25, -0.2) is 9.97 Å². The average Bonchev–Trinajstić information content (AvgIpc) is 4.00. The molecule has 274 valence electrons. The molecule has 7 nitrogen and oxygen atoms in total. The molecule has 13 rings (SSSR count). The van der Waals surface area contributed by atoms with Gasteiger partial charge in [0.25, 0.3) is 0 Å². The number of fused-ring (bicyclic) bond motifs is 13. The second-order valence-corrected chi connectivity index (χ2v) is 14.9. The van der Waals surface area contributed by atoms with Gasteiger partial charge >= 0.3 is 0 Å². The van der Waals surface area contributed by atoms with Gasteiger partial charge in [-0.15, -0.1) is 0 Å². The van der Waals surface area contributed by atoms with Gasteiger partial charge in [0, 0.05) is 38.2 Å². The predicted octanol–water partition coefficient (Wildman–Crippen LogP) is 13.5. The van der Waals surface area contributed by atoms with Crippen molar-refractivity contribution in [3.8, 4) is 40.1 Å². The summed E-state index contributed by atoms with van der Waals surface area (Å²) in [5.41, 5.74) is 7.52. The molecule has 0 atom stereocenters. The van der Waals surface area contributed by atoms with Crippen LogP contribution in [0.1, 0.15) is 0 Å². The Kier molecular flexibility index (Phi) is 6.60. The highest BCUT2D eigenvalue weighted by Crippen LogP contribution is 2.41. The number of aromatic nitrogens is 5. The monoisotopic (exact) mass is 755 g/mol. The number of benzene rings is 9. The van der Waals surface area contributed by atoms with Crippen LogP contribution in [-0.4, -0.2) is 24.5 Å². The lowest BCUT2D eigenvalue weighted by Crippen LogP contribution is -2.08. The number of hydrogen-bond donors (Lipinski definition) is 0. The molecule has 0 unspecified atom stereocenters. The topological polar surface area (TPSA) is 82.8 Å². The summed E-state index contributed by atoms with van der Waals surface area (Å²) in [5.74, 6) is 2.23. The smallest absolute Gasteiger partial charge is 0.240 e. The molecule has 4 aromatic heterocycles. The van der Waals surface area contributed by atoms with Crippen LogP contribution in [0.25, 0.3) is 127 Å². The summed E-state index contributed by atoms with van der Waals surface area (Å²) in [5, 5.41) is 11.1. The largest absolute Gasteiger partial charge is 0.456 e. The summed E-state index contributed by atoms with van der Waals surface area (Å²) in [7, 11) is 0. The first-order valence-electron chi connectivity index (χ1n) is 19.6. The zero-order valence-electron chi connectivity index (χ0n) is 31.3. The van der Waals surface area contributed by atoms with Crippen molar-refractivity contribution in [3.63, 3.8) is 0 Å². The number of rotatable bonds is 4. The molecule has 0 saturated carbocycles. The van der Waals surface area contributed by atoms with E-state index in [2.05, 4.69) is 102 Å². The molecule has 0 N–H and O–H groups in total. The Labute approximate surface area is 335 Å². The van der Waals surface area contributed by atoms with Gasteiger partial charge in [-0.1, -0.05) is 133 Å². The van der Waals surface area contributed by atoms with Crippen LogP contribution < -0.4 is 0 Å². The molecule has 4 heterocycles. The first-order chi connectivity index (χ1) is 29.2. The van der Waals surface area contributed by atoms with Crippen molar-refractivity contribution in [2.24, 2.45) is 0 Å². The molecule has 0 aliphatic carbocycles. The Balaban J connectivity index is 1.13. The molecule has 59 heavy (non-hydrogen) atoms. The number of hydrogen-bond acceptors (Lipinski definition) is 6. The molecule has 0 saturated heterocycles. The van der Waals surface area contributed by atoms with Crippen molar-refractivity contribution < 1.29 is 8.83 Å². The van der Waals surface area contributed by atoms with Crippen LogP contribution in [0.4, 0.5) is 0 Å². The van der Waals surface area contributed by atoms with Crippen LogP contribution in [0.2, 0.25) is 0 Å². The molecule has 9 aromatic carbocycles. The molecule has 7 heteroatoms. The minimum Gasteiger partial charge on any atom is -0.456 e. The Bertz CT molecular complexity index is 3840. The summed E-state index contributed by atoms with van der Waals surface area (Å²) in [6.07, 6.45) is 0. The maximum Gasteiger partial charge on any atom is 0.240 e. The van der Waals surface area contributed by atoms with Crippen LogP contribution in [0.15, 0.2) is 185 Å². The normalized spacial score (nSPS) is 12.1. The maximum absolute atomic E-state index is 6.36. The number of nitrogens with zero attached hydrogens (tertiary/aromatic N) is 5. The van der Waals surface area contributed by atoms with Crippen molar-refractivity contribution in [1.29, 1.82) is 0 Å². The van der Waals surface area contributed by atoms with Gasteiger partial charge in [0.05, 0.1) is 11.0 Å². The fraction of sp³-hybridized carbons (Fsp3) is 0. The van der Waals surface area contributed by atoms with E-state index < -0.39 is 0 Å². The second-order valence-electron chi connectivity index (χ2n) is 14.9. The van der Waals surface area contributed by atoms with Crippen molar-refractivity contribution in [2.75, 3.05) is 0 Å². The summed E-state index contributed by atoms with van der Waals surface area (Å²) in [6.45, 7) is 0. The van der Waals surface area contributed by atoms with Gasteiger partial charge in [-0.2, -0.15) is 9.97 Å². The van der Waals surface area contributed by atoms with Crippen LogP contribution in [0, 0.1) is 0 Å². The Morgan fingerprint density at radius 3 is 1.54 bits per heavy atom. The highest BCUT2D eigenvalue weighted by Gasteiger charge is 2.24. The van der Waals surface area contributed by atoms with Crippen molar-refractivity contribution >= 4 is 87.2 Å². The first-order valence-corrected chi connectivity index (χ1v) is 19.6. The number of para-hydroxylation sites is 4. The number of furan rings is 2. The summed E-state index contributed by atoms with van der Waals surface area (Å²) < 4.78 is 14.8. The minimum atomic E-state index is 0.451. The first kappa shape index (κ1) is 32.0. The van der Waals surface area contributed by atoms with E-state index in [4.69, 9.17) is 28.8 Å². The SMILES string of the molecule is c1ccc2c(c1)nc(-c1cccc3oc4ccccc4c13)n2-c1nc(-c2ccc3c4ccccc4c4ccccc4c3c2)nc(-c2cccc3oc4ccccc4c23)n1. The zero-order valence-corrected chi connectivity index (χ0v) is 31.3. The maximum atomic E-state index is 6.36. The third kappa shape index (κ3) is 4.70. The predicted molar refractivity (Wildman–Crippen MR) is 238 cm³/mol. The van der Waals surface area contributed by atoms with Crippen LogP contribution in [-0.2, 0) is 0 Å². The van der Waals surface area contributed by atoms with E-state index >= 15 is 0 Å². The van der Waals surface area contributed by atoms with E-state index in [1.54, 1.807) is 0 Å². The third-order valence-corrected chi connectivity index (χ3v) is 11.7. The lowest BCUT2D eigenvalue weighted by atomic mass is 9.93. The van der Waals surface area contributed by atoms with Gasteiger partial charge in [-0.3, -0.25) is 4.57 Å². The molecule has 0 spiro atoms. The van der Waals surface area contributed by atoms with Crippen LogP contribution in [0.5, 0.6) is 0 Å². The van der Waals surface area contributed by atoms with Crippen LogP contribution in [0.3, 0.4) is 0 Å². The van der Waals surface area contributed by atoms with E-state index in [1.807, 2.05) is 78.9 Å². The van der Waals surface area contributed by atoms with Crippen LogP contribution >= 0.6 is 0 Å². The van der Waals surface area contributed by atoms with Gasteiger partial charge in [0.2, 0.25) is 5.95 Å². The van der Waals surface area contributed by atoms with Gasteiger partial charge < -0.3 is 8.83 Å². The molecule has 0 bridgehead atoms. The van der Waals surface area contributed by atoms with E-state index in [-0.39, 0.29) is 0 Å². The summed E-state index contributed by atoms with van der Waals surface area (Å²) >= 11 is 0. The van der Waals surface area contributed by atoms with Gasteiger partial charge in [0.1, 0.15) is 28.2 Å². The van der Waals surface area contributed by atoms with Crippen molar-refractivity contribution in [2.45, 2.75) is 0 Å². The third-order valence-electron chi connectivity index (χ3n) is 11.7. The van der Waals surface area contributed by atoms with E-state index in [1.165, 1.54) is 26.9 Å². The molecule has 0 aliphatic heterocycles. The van der Waals surface area contributed by atoms with E-state index in [0.29, 0.717) is 23.4 Å². The molecular formula is C52H29N5O2. The molecule has 0 fully saturated rings. The lowest BCUT2D eigenvalue weighted by Gasteiger charge is -2.14. The molecule has 0 amide bonds. The van der Waals surface area contributed by atoms with Gasteiger partial charge in [-0.05, 0) is 74.8 Å². The fourth-order valence-electron chi connectivity index (χ4n) is 9.09. The standard InChI is InChI=1S/C52H29N5O2/c1-2-15-33-31(13-1)32-14-3-4-16-34(32)40-29-30(27-28-35(33)40)49-54-50(38-19-11-25-45-47(38)36-17-5-9-23-43(36)58-45)56-52(55-49)57-42-22-8-7-21-41(42)53-51(57)39-20-12-26-46-48(39)37-18-6-10-24-44(37)59-46/h1-29H. The fourth-order valence-corrected chi connectivity index (χ4v) is 9.09. The second kappa shape index (κ2) is 12.2. The molecule has 13 aromatic rings. The van der Waals surface area contributed by atoms with E-state index in [9.17, 15) is 0 Å². The number of imidazole rings is 1. The highest BCUT2D eigenvalue weighted by atomic mass is 16.3. The Morgan fingerprint density at radius 2 is 0.864 bits per heavy atom. The Morgan fingerprint density at radius 1 is 0.356 bits per heavy atom.